The first-order valence-corrected chi connectivity index (χ1v) is 7.58. The van der Waals surface area contributed by atoms with E-state index in [9.17, 15) is 9.90 Å². The van der Waals surface area contributed by atoms with Gasteiger partial charge in [-0.1, -0.05) is 43.1 Å². The minimum Gasteiger partial charge on any atom is -0.388 e. The van der Waals surface area contributed by atoms with Crippen LogP contribution in [0.2, 0.25) is 10.0 Å². The molecule has 0 bridgehead atoms. The van der Waals surface area contributed by atoms with Crippen molar-refractivity contribution in [2.45, 2.75) is 32.8 Å². The number of rotatable bonds is 6. The number of nitrogens with one attached hydrogen (secondary N) is 1. The monoisotopic (exact) mass is 329 g/mol. The molecule has 1 amide bonds. The quantitative estimate of drug-likeness (QED) is 0.777. The molecule has 1 aromatic carbocycles. The molecular formula is C16H21Cl2NO2. The van der Waals surface area contributed by atoms with Gasteiger partial charge in [0.2, 0.25) is 5.91 Å². The normalized spacial score (nSPS) is 14.4. The molecule has 1 atom stereocenters. The molecule has 0 aromatic heterocycles. The van der Waals surface area contributed by atoms with Crippen molar-refractivity contribution in [1.82, 2.24) is 5.32 Å². The fourth-order valence-corrected chi connectivity index (χ4v) is 2.38. The van der Waals surface area contributed by atoms with Crippen LogP contribution in [0.3, 0.4) is 0 Å². The summed E-state index contributed by atoms with van der Waals surface area (Å²) in [6, 6.07) is 5.13. The Morgan fingerprint density at radius 1 is 1.38 bits per heavy atom. The number of benzene rings is 1. The number of aliphatic hydroxyl groups is 1. The van der Waals surface area contributed by atoms with Crippen LogP contribution in [0.4, 0.5) is 0 Å². The van der Waals surface area contributed by atoms with Gasteiger partial charge < -0.3 is 10.4 Å². The van der Waals surface area contributed by atoms with E-state index in [4.69, 9.17) is 23.2 Å². The van der Waals surface area contributed by atoms with Gasteiger partial charge >= 0.3 is 0 Å². The summed E-state index contributed by atoms with van der Waals surface area (Å²) < 4.78 is 0. The van der Waals surface area contributed by atoms with E-state index in [-0.39, 0.29) is 12.5 Å². The highest BCUT2D eigenvalue weighted by molar-refractivity contribution is 6.42. The first-order chi connectivity index (χ1) is 9.69. The molecule has 0 spiro atoms. The first-order valence-electron chi connectivity index (χ1n) is 6.83. The minimum absolute atomic E-state index is 0.218. The average Bonchev–Trinajstić information content (AvgIpc) is 2.36. The predicted molar refractivity (Wildman–Crippen MR) is 88.6 cm³/mol. The molecule has 0 heterocycles. The summed E-state index contributed by atoms with van der Waals surface area (Å²) in [7, 11) is 0. The van der Waals surface area contributed by atoms with Crippen molar-refractivity contribution in [1.29, 1.82) is 0 Å². The molecule has 1 rings (SSSR count). The van der Waals surface area contributed by atoms with Crippen LogP contribution >= 0.6 is 23.2 Å². The Balaban J connectivity index is 2.53. The van der Waals surface area contributed by atoms with Crippen molar-refractivity contribution < 1.29 is 9.90 Å². The lowest BCUT2D eigenvalue weighted by molar-refractivity contribution is -0.117. The lowest BCUT2D eigenvalue weighted by Crippen LogP contribution is -2.40. The molecule has 0 aliphatic heterocycles. The summed E-state index contributed by atoms with van der Waals surface area (Å²) in [6.45, 7) is 5.99. The van der Waals surface area contributed by atoms with Crippen LogP contribution in [0.5, 0.6) is 0 Å². The van der Waals surface area contributed by atoms with Gasteiger partial charge in [0, 0.05) is 12.6 Å². The standard InChI is InChI=1S/C16H21Cl2NO2/c1-11(2)9-16(3,21)10-19-15(20)7-5-12-4-6-13(17)14(18)8-12/h4-8,11,21H,9-10H2,1-3H3,(H,19,20). The fourth-order valence-electron chi connectivity index (χ4n) is 2.08. The van der Waals surface area contributed by atoms with E-state index in [1.165, 1.54) is 6.08 Å². The number of halogens is 2. The molecule has 0 aliphatic carbocycles. The molecule has 2 N–H and O–H groups in total. The van der Waals surface area contributed by atoms with Crippen LogP contribution in [0.15, 0.2) is 24.3 Å². The second-order valence-electron chi connectivity index (χ2n) is 5.82. The molecule has 0 aliphatic rings. The molecule has 116 valence electrons. The first kappa shape index (κ1) is 18.0. The SMILES string of the molecule is CC(C)CC(C)(O)CNC(=O)C=Cc1ccc(Cl)c(Cl)c1. The molecule has 3 nitrogen and oxygen atoms in total. The second kappa shape index (κ2) is 7.83. The van der Waals surface area contributed by atoms with Gasteiger partial charge in [0.1, 0.15) is 0 Å². The summed E-state index contributed by atoms with van der Waals surface area (Å²) in [5.41, 5.74) is -0.116. The van der Waals surface area contributed by atoms with Crippen molar-refractivity contribution >= 4 is 35.2 Å². The highest BCUT2D eigenvalue weighted by Gasteiger charge is 2.21. The number of hydrogen-bond acceptors (Lipinski definition) is 2. The van der Waals surface area contributed by atoms with Crippen LogP contribution in [0.1, 0.15) is 32.8 Å². The largest absolute Gasteiger partial charge is 0.388 e. The molecule has 5 heteroatoms. The van der Waals surface area contributed by atoms with E-state index >= 15 is 0 Å². The van der Waals surface area contributed by atoms with Gasteiger partial charge in [-0.2, -0.15) is 0 Å². The lowest BCUT2D eigenvalue weighted by atomic mass is 9.94. The summed E-state index contributed by atoms with van der Waals surface area (Å²) in [6.07, 6.45) is 3.68. The van der Waals surface area contributed by atoms with Crippen LogP contribution in [-0.4, -0.2) is 23.2 Å². The van der Waals surface area contributed by atoms with Gasteiger partial charge in [-0.25, -0.2) is 0 Å². The zero-order chi connectivity index (χ0) is 16.0. The van der Waals surface area contributed by atoms with Gasteiger partial charge in [-0.3, -0.25) is 4.79 Å². The molecule has 0 radical (unpaired) electrons. The summed E-state index contributed by atoms with van der Waals surface area (Å²) in [4.78, 5) is 11.7. The Kier molecular flexibility index (Phi) is 6.72. The van der Waals surface area contributed by atoms with Crippen molar-refractivity contribution in [2.24, 2.45) is 5.92 Å². The Bertz CT molecular complexity index is 525. The van der Waals surface area contributed by atoms with E-state index in [0.717, 1.165) is 5.56 Å². The smallest absolute Gasteiger partial charge is 0.244 e. The maximum Gasteiger partial charge on any atom is 0.244 e. The summed E-state index contributed by atoms with van der Waals surface area (Å²) in [5, 5.41) is 13.7. The molecule has 0 saturated heterocycles. The Morgan fingerprint density at radius 2 is 2.05 bits per heavy atom. The van der Waals surface area contributed by atoms with Crippen molar-refractivity contribution in [3.05, 3.63) is 39.9 Å². The minimum atomic E-state index is -0.902. The van der Waals surface area contributed by atoms with Crippen LogP contribution < -0.4 is 5.32 Å². The third kappa shape index (κ3) is 6.98. The number of hydrogen-bond donors (Lipinski definition) is 2. The molecule has 0 fully saturated rings. The zero-order valence-electron chi connectivity index (χ0n) is 12.5. The van der Waals surface area contributed by atoms with E-state index in [1.807, 2.05) is 13.8 Å². The van der Waals surface area contributed by atoms with Crippen molar-refractivity contribution in [2.75, 3.05) is 6.54 Å². The van der Waals surface area contributed by atoms with Gasteiger partial charge in [-0.15, -0.1) is 0 Å². The Labute approximate surface area is 136 Å². The number of carbonyl (C=O) groups excluding carboxylic acids is 1. The third-order valence-electron chi connectivity index (χ3n) is 2.86. The van der Waals surface area contributed by atoms with Crippen molar-refractivity contribution in [3.63, 3.8) is 0 Å². The summed E-state index contributed by atoms with van der Waals surface area (Å²) in [5.74, 6) is 0.105. The highest BCUT2D eigenvalue weighted by atomic mass is 35.5. The maximum atomic E-state index is 11.7. The van der Waals surface area contributed by atoms with Crippen LogP contribution in [-0.2, 0) is 4.79 Å². The second-order valence-corrected chi connectivity index (χ2v) is 6.63. The van der Waals surface area contributed by atoms with E-state index < -0.39 is 5.60 Å². The maximum absolute atomic E-state index is 11.7. The number of amides is 1. The van der Waals surface area contributed by atoms with Crippen LogP contribution in [0.25, 0.3) is 6.08 Å². The van der Waals surface area contributed by atoms with Gasteiger partial charge in [0.25, 0.3) is 0 Å². The topological polar surface area (TPSA) is 49.3 Å². The molecule has 1 aromatic rings. The van der Waals surface area contributed by atoms with Gasteiger partial charge in [0.15, 0.2) is 0 Å². The van der Waals surface area contributed by atoms with Gasteiger partial charge in [-0.05, 0) is 43.0 Å². The van der Waals surface area contributed by atoms with E-state index in [1.54, 1.807) is 31.2 Å². The Hall–Kier alpha value is -1.03. The van der Waals surface area contributed by atoms with E-state index in [2.05, 4.69) is 5.32 Å². The third-order valence-corrected chi connectivity index (χ3v) is 3.60. The Morgan fingerprint density at radius 3 is 2.62 bits per heavy atom. The predicted octanol–water partition coefficient (Wildman–Crippen LogP) is 3.92. The average molecular weight is 330 g/mol. The summed E-state index contributed by atoms with van der Waals surface area (Å²) >= 11 is 11.7. The highest BCUT2D eigenvalue weighted by Crippen LogP contribution is 2.23. The molecular weight excluding hydrogens is 309 g/mol. The molecule has 21 heavy (non-hydrogen) atoms. The van der Waals surface area contributed by atoms with E-state index in [0.29, 0.717) is 22.4 Å². The molecule has 1 unspecified atom stereocenters. The zero-order valence-corrected chi connectivity index (χ0v) is 14.0. The van der Waals surface area contributed by atoms with Crippen LogP contribution in [0, 0.1) is 5.92 Å². The fraction of sp³-hybridized carbons (Fsp3) is 0.438. The van der Waals surface area contributed by atoms with Gasteiger partial charge in [0.05, 0.1) is 15.6 Å². The molecule has 0 saturated carbocycles. The van der Waals surface area contributed by atoms with Crippen molar-refractivity contribution in [3.8, 4) is 0 Å². The number of carbonyl (C=O) groups is 1. The lowest BCUT2D eigenvalue weighted by Gasteiger charge is -2.25.